The molecule has 0 aliphatic carbocycles. The van der Waals surface area contributed by atoms with Crippen LogP contribution in [0.15, 0.2) is 48.5 Å². The van der Waals surface area contributed by atoms with Gasteiger partial charge in [-0.05, 0) is 40.5 Å². The van der Waals surface area contributed by atoms with Gasteiger partial charge >= 0.3 is 6.09 Å². The van der Waals surface area contributed by atoms with E-state index in [1.54, 1.807) is 0 Å². The largest absolute Gasteiger partial charge is 0.445 e. The van der Waals surface area contributed by atoms with Gasteiger partial charge in [0.15, 0.2) is 0 Å². The van der Waals surface area contributed by atoms with Gasteiger partial charge in [-0.15, -0.1) is 0 Å². The first-order valence-corrected chi connectivity index (χ1v) is 10.2. The van der Waals surface area contributed by atoms with Gasteiger partial charge in [-0.1, -0.05) is 76.2 Å². The number of alkyl carbamates (subject to hydrolysis) is 1. The first-order chi connectivity index (χ1) is 13.8. The molecule has 2 aromatic carbocycles. The number of benzene rings is 2. The second kappa shape index (κ2) is 11.0. The normalized spacial score (nSPS) is 13.4. The molecule has 0 aromatic heterocycles. The minimum Gasteiger partial charge on any atom is -0.445 e. The Kier molecular flexibility index (Phi) is 8.68. The van der Waals surface area contributed by atoms with Crippen LogP contribution in [0.4, 0.5) is 4.79 Å². The van der Waals surface area contributed by atoms with Crippen molar-refractivity contribution >= 4 is 6.09 Å². The number of ether oxygens (including phenoxy) is 1. The summed E-state index contributed by atoms with van der Waals surface area (Å²) in [5.74, 6) is 0.466. The number of aliphatic hydroxyl groups excluding tert-OH is 2. The highest BCUT2D eigenvalue weighted by Gasteiger charge is 2.25. The van der Waals surface area contributed by atoms with Crippen molar-refractivity contribution in [2.45, 2.75) is 64.8 Å². The maximum Gasteiger partial charge on any atom is 0.407 e. The van der Waals surface area contributed by atoms with Gasteiger partial charge in [0.2, 0.25) is 0 Å². The molecule has 2 atom stereocenters. The molecular formula is C24H33NO4. The van der Waals surface area contributed by atoms with E-state index in [1.165, 1.54) is 0 Å². The number of carbonyl (C=O) groups is 1. The fourth-order valence-corrected chi connectivity index (χ4v) is 3.40. The Hall–Kier alpha value is -2.37. The molecule has 0 bridgehead atoms. The van der Waals surface area contributed by atoms with Gasteiger partial charge in [0.05, 0.1) is 6.10 Å². The molecule has 0 spiro atoms. The maximum atomic E-state index is 11.8. The van der Waals surface area contributed by atoms with Crippen molar-refractivity contribution in [3.05, 3.63) is 70.8 Å². The average molecular weight is 400 g/mol. The van der Waals surface area contributed by atoms with Crippen molar-refractivity contribution in [3.63, 3.8) is 0 Å². The molecule has 0 aliphatic heterocycles. The van der Waals surface area contributed by atoms with E-state index >= 15 is 0 Å². The van der Waals surface area contributed by atoms with Gasteiger partial charge in [-0.3, -0.25) is 0 Å². The number of amides is 1. The zero-order valence-electron chi connectivity index (χ0n) is 17.8. The lowest BCUT2D eigenvalue weighted by atomic mass is 9.84. The van der Waals surface area contributed by atoms with Crippen molar-refractivity contribution in [3.8, 4) is 0 Å². The predicted molar refractivity (Wildman–Crippen MR) is 115 cm³/mol. The summed E-state index contributed by atoms with van der Waals surface area (Å²) in [6.45, 7) is 8.71. The van der Waals surface area contributed by atoms with Gasteiger partial charge in [-0.2, -0.15) is 0 Å². The van der Waals surface area contributed by atoms with Crippen molar-refractivity contribution in [2.75, 3.05) is 6.54 Å². The lowest BCUT2D eigenvalue weighted by molar-refractivity contribution is 0.0124. The first kappa shape index (κ1) is 22.9. The lowest BCUT2D eigenvalue weighted by Gasteiger charge is -2.26. The van der Waals surface area contributed by atoms with E-state index in [4.69, 9.17) is 4.74 Å². The van der Waals surface area contributed by atoms with Gasteiger partial charge in [-0.25, -0.2) is 4.79 Å². The number of hydrogen-bond donors (Lipinski definition) is 3. The SMILES string of the molecule is CC(C)c1cccc(C(C)C)c1C(O)C(O)CCNC(=O)OCc1ccccc1. The van der Waals surface area contributed by atoms with Crippen molar-refractivity contribution in [1.82, 2.24) is 5.32 Å². The number of carbonyl (C=O) groups excluding carboxylic acids is 1. The van der Waals surface area contributed by atoms with E-state index in [-0.39, 0.29) is 31.4 Å². The van der Waals surface area contributed by atoms with E-state index in [2.05, 4.69) is 33.0 Å². The maximum absolute atomic E-state index is 11.8. The van der Waals surface area contributed by atoms with Gasteiger partial charge in [0, 0.05) is 6.54 Å². The molecule has 2 rings (SSSR count). The van der Waals surface area contributed by atoms with Gasteiger partial charge < -0.3 is 20.3 Å². The number of aliphatic hydroxyl groups is 2. The van der Waals surface area contributed by atoms with Crippen molar-refractivity contribution < 1.29 is 19.7 Å². The molecule has 0 saturated heterocycles. The molecule has 5 nitrogen and oxygen atoms in total. The van der Waals surface area contributed by atoms with Crippen LogP contribution in [0.25, 0.3) is 0 Å². The zero-order chi connectivity index (χ0) is 21.4. The number of nitrogens with one attached hydrogen (secondary N) is 1. The summed E-state index contributed by atoms with van der Waals surface area (Å²) in [7, 11) is 0. The van der Waals surface area contributed by atoms with Crippen LogP contribution in [0.5, 0.6) is 0 Å². The monoisotopic (exact) mass is 399 g/mol. The van der Waals surface area contributed by atoms with E-state index in [1.807, 2.05) is 48.5 Å². The van der Waals surface area contributed by atoms with E-state index in [9.17, 15) is 15.0 Å². The minimum atomic E-state index is -1.01. The van der Waals surface area contributed by atoms with Gasteiger partial charge in [0.25, 0.3) is 0 Å². The van der Waals surface area contributed by atoms with Crippen molar-refractivity contribution in [2.24, 2.45) is 0 Å². The molecule has 0 heterocycles. The molecule has 1 amide bonds. The summed E-state index contributed by atoms with van der Waals surface area (Å²) in [5, 5.41) is 24.1. The highest BCUT2D eigenvalue weighted by molar-refractivity contribution is 5.67. The Morgan fingerprint density at radius 2 is 1.52 bits per heavy atom. The Morgan fingerprint density at radius 3 is 2.07 bits per heavy atom. The zero-order valence-corrected chi connectivity index (χ0v) is 17.8. The van der Waals surface area contributed by atoms with Crippen LogP contribution in [-0.2, 0) is 11.3 Å². The summed E-state index contributed by atoms with van der Waals surface area (Å²) >= 11 is 0. The van der Waals surface area contributed by atoms with Gasteiger partial charge in [0.1, 0.15) is 12.7 Å². The molecule has 2 aromatic rings. The van der Waals surface area contributed by atoms with Crippen molar-refractivity contribution in [1.29, 1.82) is 0 Å². The Morgan fingerprint density at radius 1 is 0.931 bits per heavy atom. The van der Waals surface area contributed by atoms with Crippen LogP contribution in [0.3, 0.4) is 0 Å². The third kappa shape index (κ3) is 6.58. The summed E-state index contributed by atoms with van der Waals surface area (Å²) in [6.07, 6.45) is -2.30. The van der Waals surface area contributed by atoms with Crippen LogP contribution >= 0.6 is 0 Å². The molecular weight excluding hydrogens is 366 g/mol. The third-order valence-electron chi connectivity index (χ3n) is 5.00. The standard InChI is InChI=1S/C24H33NO4/c1-16(2)19-11-8-12-20(17(3)4)22(19)23(27)21(26)13-14-25-24(28)29-15-18-9-6-5-7-10-18/h5-12,16-17,21,23,26-27H,13-15H2,1-4H3,(H,25,28). The Balaban J connectivity index is 1.92. The predicted octanol–water partition coefficient (Wildman–Crippen LogP) is 4.64. The smallest absolute Gasteiger partial charge is 0.407 e. The number of rotatable bonds is 9. The summed E-state index contributed by atoms with van der Waals surface area (Å²) < 4.78 is 5.16. The van der Waals surface area contributed by atoms with E-state index in [0.717, 1.165) is 22.3 Å². The summed E-state index contributed by atoms with van der Waals surface area (Å²) in [4.78, 5) is 11.8. The molecule has 0 saturated carbocycles. The molecule has 0 aliphatic rings. The fraction of sp³-hybridized carbons (Fsp3) is 0.458. The van der Waals surface area contributed by atoms with Crippen LogP contribution in [0, 0.1) is 0 Å². The molecule has 158 valence electrons. The highest BCUT2D eigenvalue weighted by atomic mass is 16.5. The second-order valence-electron chi connectivity index (χ2n) is 7.95. The molecule has 0 radical (unpaired) electrons. The van der Waals surface area contributed by atoms with E-state index in [0.29, 0.717) is 0 Å². The molecule has 29 heavy (non-hydrogen) atoms. The molecule has 5 heteroatoms. The van der Waals surface area contributed by atoms with Crippen LogP contribution in [0.2, 0.25) is 0 Å². The average Bonchev–Trinajstić information content (AvgIpc) is 2.71. The quantitative estimate of drug-likeness (QED) is 0.574. The molecule has 0 fully saturated rings. The Labute approximate surface area is 173 Å². The minimum absolute atomic E-state index is 0.192. The third-order valence-corrected chi connectivity index (χ3v) is 5.00. The fourth-order valence-electron chi connectivity index (χ4n) is 3.40. The van der Waals surface area contributed by atoms with Crippen LogP contribution < -0.4 is 5.32 Å². The molecule has 3 N–H and O–H groups in total. The highest BCUT2D eigenvalue weighted by Crippen LogP contribution is 2.34. The summed E-state index contributed by atoms with van der Waals surface area (Å²) in [5.41, 5.74) is 3.79. The first-order valence-electron chi connectivity index (χ1n) is 10.2. The van der Waals surface area contributed by atoms with E-state index < -0.39 is 18.3 Å². The molecule has 2 unspecified atom stereocenters. The second-order valence-corrected chi connectivity index (χ2v) is 7.95. The topological polar surface area (TPSA) is 78.8 Å². The number of hydrogen-bond acceptors (Lipinski definition) is 4. The summed E-state index contributed by atoms with van der Waals surface area (Å²) in [6, 6.07) is 15.4. The van der Waals surface area contributed by atoms with Crippen LogP contribution in [-0.4, -0.2) is 29.0 Å². The van der Waals surface area contributed by atoms with Crippen LogP contribution in [0.1, 0.15) is 74.3 Å². The Bertz CT molecular complexity index is 747. The lowest BCUT2D eigenvalue weighted by Crippen LogP contribution is -2.30.